The zero-order valence-electron chi connectivity index (χ0n) is 9.55. The van der Waals surface area contributed by atoms with Crippen molar-refractivity contribution in [1.29, 1.82) is 0 Å². The molecule has 1 aliphatic heterocycles. The van der Waals surface area contributed by atoms with Crippen LogP contribution in [-0.2, 0) is 14.0 Å². The first-order chi connectivity index (χ1) is 8.31. The van der Waals surface area contributed by atoms with Gasteiger partial charge in [0.2, 0.25) is 0 Å². The zero-order valence-corrected chi connectivity index (χ0v) is 9.55. The van der Waals surface area contributed by atoms with Gasteiger partial charge >= 0.3 is 13.3 Å². The number of hydrogen-bond acceptors (Lipinski definition) is 5. The number of benzene rings is 1. The lowest BCUT2D eigenvalue weighted by Gasteiger charge is -2.10. The maximum atomic E-state index is 11.8. The van der Waals surface area contributed by atoms with Gasteiger partial charge in [-0.15, -0.1) is 0 Å². The standard InChI is InChI=1S/C11H13BO5/c1-2-14-10-6-4-3-5-9(10)11(13)17-12-15-7-8-16-12/h3-6H,2,7-8H2,1H3. The highest BCUT2D eigenvalue weighted by molar-refractivity contribution is 6.40. The molecule has 0 spiro atoms. The zero-order chi connectivity index (χ0) is 12.1. The Morgan fingerprint density at radius 1 is 1.35 bits per heavy atom. The molecule has 17 heavy (non-hydrogen) atoms. The minimum Gasteiger partial charge on any atom is -0.493 e. The van der Waals surface area contributed by atoms with Crippen LogP contribution in [0.25, 0.3) is 0 Å². The summed E-state index contributed by atoms with van der Waals surface area (Å²) in [5, 5.41) is 0. The molecule has 0 N–H and O–H groups in total. The molecule has 5 nitrogen and oxygen atoms in total. The minimum atomic E-state index is -0.905. The molecule has 0 amide bonds. The van der Waals surface area contributed by atoms with E-state index in [2.05, 4.69) is 0 Å². The van der Waals surface area contributed by atoms with Gasteiger partial charge < -0.3 is 18.7 Å². The monoisotopic (exact) mass is 236 g/mol. The van der Waals surface area contributed by atoms with E-state index in [1.807, 2.05) is 6.92 Å². The topological polar surface area (TPSA) is 54.0 Å². The molecule has 0 atom stereocenters. The molecule has 0 bridgehead atoms. The second kappa shape index (κ2) is 5.70. The molecule has 2 rings (SSSR count). The van der Waals surface area contributed by atoms with E-state index in [9.17, 15) is 4.79 Å². The molecular formula is C11H13BO5. The molecule has 0 aromatic heterocycles. The summed E-state index contributed by atoms with van der Waals surface area (Å²) in [5.41, 5.74) is 0.369. The SMILES string of the molecule is CCOc1ccccc1C(=O)OB1OCCO1. The lowest BCUT2D eigenvalue weighted by Crippen LogP contribution is -2.24. The fraction of sp³-hybridized carbons (Fsp3) is 0.364. The van der Waals surface area contributed by atoms with Gasteiger partial charge in [-0.3, -0.25) is 0 Å². The Balaban J connectivity index is 2.06. The quantitative estimate of drug-likeness (QED) is 0.737. The van der Waals surface area contributed by atoms with E-state index in [1.54, 1.807) is 24.3 Å². The van der Waals surface area contributed by atoms with E-state index in [0.29, 0.717) is 31.1 Å². The number of carbonyl (C=O) groups is 1. The Kier molecular flexibility index (Phi) is 4.00. The largest absolute Gasteiger partial charge is 0.715 e. The van der Waals surface area contributed by atoms with Gasteiger partial charge in [-0.05, 0) is 19.1 Å². The molecule has 1 saturated heterocycles. The predicted molar refractivity (Wildman–Crippen MR) is 60.7 cm³/mol. The molecular weight excluding hydrogens is 223 g/mol. The van der Waals surface area contributed by atoms with Crippen molar-refractivity contribution in [3.8, 4) is 5.75 Å². The summed E-state index contributed by atoms with van der Waals surface area (Å²) in [4.78, 5) is 11.8. The van der Waals surface area contributed by atoms with E-state index in [4.69, 9.17) is 18.7 Å². The number of ether oxygens (including phenoxy) is 1. The molecule has 0 radical (unpaired) electrons. The Morgan fingerprint density at radius 2 is 2.06 bits per heavy atom. The fourth-order valence-electron chi connectivity index (χ4n) is 1.47. The summed E-state index contributed by atoms with van der Waals surface area (Å²) < 4.78 is 20.4. The first-order valence-corrected chi connectivity index (χ1v) is 5.47. The molecule has 1 aromatic carbocycles. The van der Waals surface area contributed by atoms with Gasteiger partial charge in [-0.1, -0.05) is 12.1 Å². The van der Waals surface area contributed by atoms with Crippen LogP contribution in [0.1, 0.15) is 17.3 Å². The average Bonchev–Trinajstić information content (AvgIpc) is 2.83. The van der Waals surface area contributed by atoms with Crippen LogP contribution in [0.3, 0.4) is 0 Å². The molecule has 1 aromatic rings. The van der Waals surface area contributed by atoms with Crippen molar-refractivity contribution in [2.24, 2.45) is 0 Å². The molecule has 0 saturated carbocycles. The van der Waals surface area contributed by atoms with Crippen molar-refractivity contribution in [1.82, 2.24) is 0 Å². The highest BCUT2D eigenvalue weighted by Gasteiger charge is 2.32. The molecule has 1 aliphatic rings. The maximum absolute atomic E-state index is 11.8. The van der Waals surface area contributed by atoms with Gasteiger partial charge in [0.05, 0.1) is 25.4 Å². The smallest absolute Gasteiger partial charge is 0.493 e. The number of rotatable bonds is 4. The lowest BCUT2D eigenvalue weighted by atomic mass is 10.2. The Bertz CT molecular complexity index is 389. The van der Waals surface area contributed by atoms with E-state index >= 15 is 0 Å². The van der Waals surface area contributed by atoms with Crippen LogP contribution in [0.15, 0.2) is 24.3 Å². The van der Waals surface area contributed by atoms with Crippen LogP contribution in [0, 0.1) is 0 Å². The van der Waals surface area contributed by atoms with Gasteiger partial charge in [0.1, 0.15) is 5.75 Å². The third-order valence-corrected chi connectivity index (χ3v) is 2.20. The summed E-state index contributed by atoms with van der Waals surface area (Å²) >= 11 is 0. The summed E-state index contributed by atoms with van der Waals surface area (Å²) in [5.74, 6) is -0.0149. The lowest BCUT2D eigenvalue weighted by molar-refractivity contribution is 0.0640. The van der Waals surface area contributed by atoms with Crippen LogP contribution in [0.2, 0.25) is 0 Å². The summed E-state index contributed by atoms with van der Waals surface area (Å²) in [7, 11) is -0.905. The second-order valence-electron chi connectivity index (χ2n) is 3.36. The Morgan fingerprint density at radius 3 is 2.76 bits per heavy atom. The van der Waals surface area contributed by atoms with Crippen LogP contribution in [-0.4, -0.2) is 33.1 Å². The molecule has 1 fully saturated rings. The van der Waals surface area contributed by atoms with E-state index in [1.165, 1.54) is 0 Å². The summed E-state index contributed by atoms with van der Waals surface area (Å²) in [6.07, 6.45) is 0. The van der Waals surface area contributed by atoms with E-state index < -0.39 is 13.3 Å². The van der Waals surface area contributed by atoms with Crippen molar-refractivity contribution < 1.29 is 23.5 Å². The summed E-state index contributed by atoms with van der Waals surface area (Å²) in [6.45, 7) is 3.21. The first-order valence-electron chi connectivity index (χ1n) is 5.47. The van der Waals surface area contributed by atoms with Crippen LogP contribution >= 0.6 is 0 Å². The second-order valence-corrected chi connectivity index (χ2v) is 3.36. The van der Waals surface area contributed by atoms with Crippen LogP contribution in [0.4, 0.5) is 0 Å². The van der Waals surface area contributed by atoms with Crippen molar-refractivity contribution >= 4 is 13.3 Å². The fourth-order valence-corrected chi connectivity index (χ4v) is 1.47. The third-order valence-electron chi connectivity index (χ3n) is 2.20. The number of hydrogen-bond donors (Lipinski definition) is 0. The molecule has 0 aliphatic carbocycles. The maximum Gasteiger partial charge on any atom is 0.715 e. The highest BCUT2D eigenvalue weighted by Crippen LogP contribution is 2.19. The van der Waals surface area contributed by atoms with Crippen molar-refractivity contribution in [2.75, 3.05) is 19.8 Å². The molecule has 6 heteroatoms. The van der Waals surface area contributed by atoms with E-state index in [-0.39, 0.29) is 0 Å². The highest BCUT2D eigenvalue weighted by atomic mass is 16.8. The van der Waals surface area contributed by atoms with Crippen LogP contribution < -0.4 is 4.74 Å². The third kappa shape index (κ3) is 2.98. The Labute approximate surface area is 99.8 Å². The van der Waals surface area contributed by atoms with Gasteiger partial charge in [-0.2, -0.15) is 0 Å². The van der Waals surface area contributed by atoms with E-state index in [0.717, 1.165) is 0 Å². The number of para-hydroxylation sites is 1. The minimum absolute atomic E-state index is 0.369. The van der Waals surface area contributed by atoms with Crippen LogP contribution in [0.5, 0.6) is 5.75 Å². The Hall–Kier alpha value is -1.53. The molecule has 0 unspecified atom stereocenters. The van der Waals surface area contributed by atoms with Gasteiger partial charge in [0.25, 0.3) is 0 Å². The average molecular weight is 236 g/mol. The molecule has 1 heterocycles. The van der Waals surface area contributed by atoms with Crippen molar-refractivity contribution in [2.45, 2.75) is 6.92 Å². The van der Waals surface area contributed by atoms with Crippen molar-refractivity contribution in [3.63, 3.8) is 0 Å². The molecule has 90 valence electrons. The number of carbonyl (C=O) groups excluding carboxylic acids is 1. The van der Waals surface area contributed by atoms with Crippen molar-refractivity contribution in [3.05, 3.63) is 29.8 Å². The predicted octanol–water partition coefficient (Wildman–Crippen LogP) is 1.27. The summed E-state index contributed by atoms with van der Waals surface area (Å²) in [6, 6.07) is 6.90. The van der Waals surface area contributed by atoms with Gasteiger partial charge in [0.15, 0.2) is 0 Å². The van der Waals surface area contributed by atoms with Gasteiger partial charge in [0, 0.05) is 0 Å². The normalized spacial score (nSPS) is 14.8. The first kappa shape index (κ1) is 11.9. The van der Waals surface area contributed by atoms with Gasteiger partial charge in [-0.25, -0.2) is 4.79 Å².